The van der Waals surface area contributed by atoms with Gasteiger partial charge in [-0.15, -0.1) is 0 Å². The molecule has 118 valence electrons. The highest BCUT2D eigenvalue weighted by atomic mass is 16.5. The van der Waals surface area contributed by atoms with E-state index in [0.717, 1.165) is 32.0 Å². The molecule has 21 heavy (non-hydrogen) atoms. The van der Waals surface area contributed by atoms with Crippen molar-refractivity contribution in [1.82, 2.24) is 10.2 Å². The molecule has 1 N–H and O–H groups in total. The van der Waals surface area contributed by atoms with Crippen molar-refractivity contribution in [2.24, 2.45) is 0 Å². The first kappa shape index (κ1) is 15.1. The molecule has 0 aromatic carbocycles. The zero-order chi connectivity index (χ0) is 14.9. The Hall–Kier alpha value is -0.840. The minimum atomic E-state index is 0.129. The van der Waals surface area contributed by atoms with Crippen molar-refractivity contribution in [3.63, 3.8) is 0 Å². The summed E-state index contributed by atoms with van der Waals surface area (Å²) in [6.07, 6.45) is 6.05. The van der Waals surface area contributed by atoms with Gasteiger partial charge in [-0.2, -0.15) is 0 Å². The van der Waals surface area contributed by atoms with Crippen LogP contribution in [0.4, 0.5) is 0 Å². The number of hydrogen-bond donors (Lipinski definition) is 1. The average Bonchev–Trinajstić information content (AvgIpc) is 3.04. The molecule has 1 aliphatic carbocycles. The Morgan fingerprint density at radius 2 is 2.19 bits per heavy atom. The molecule has 0 radical (unpaired) electrons. The van der Waals surface area contributed by atoms with E-state index < -0.39 is 0 Å². The highest BCUT2D eigenvalue weighted by Gasteiger charge is 2.36. The van der Waals surface area contributed by atoms with E-state index in [-0.39, 0.29) is 5.54 Å². The van der Waals surface area contributed by atoms with Crippen molar-refractivity contribution in [3.05, 3.63) is 23.7 Å². The maximum Gasteiger partial charge on any atom is 0.122 e. The quantitative estimate of drug-likeness (QED) is 0.926. The molecule has 2 aliphatic rings. The number of ether oxygens (including phenoxy) is 1. The van der Waals surface area contributed by atoms with Crippen molar-refractivity contribution < 1.29 is 9.15 Å². The molecule has 1 aromatic rings. The van der Waals surface area contributed by atoms with Crippen molar-refractivity contribution in [2.45, 2.75) is 70.8 Å². The third-order valence-electron chi connectivity index (χ3n) is 4.59. The molecular weight excluding hydrogens is 264 g/mol. The molecule has 0 bridgehead atoms. The Morgan fingerprint density at radius 1 is 1.33 bits per heavy atom. The van der Waals surface area contributed by atoms with Gasteiger partial charge in [-0.05, 0) is 46.1 Å². The van der Waals surface area contributed by atoms with Gasteiger partial charge in [-0.3, -0.25) is 4.90 Å². The summed E-state index contributed by atoms with van der Waals surface area (Å²) in [5, 5.41) is 3.55. The van der Waals surface area contributed by atoms with Gasteiger partial charge < -0.3 is 14.5 Å². The molecule has 2 unspecified atom stereocenters. The summed E-state index contributed by atoms with van der Waals surface area (Å²) in [5.41, 5.74) is 1.41. The van der Waals surface area contributed by atoms with Crippen molar-refractivity contribution >= 4 is 0 Å². The largest absolute Gasteiger partial charge is 0.468 e. The standard InChI is InChI=1S/C17H28N2O2/c1-17(2,3)18-11-13-7-9-20-16(13)12-19-8-10-21-15-6-4-5-14(15)19/h7,9,14-15,18H,4-6,8,10-12H2,1-3H3. The lowest BCUT2D eigenvalue weighted by molar-refractivity contribution is -0.0607. The number of furan rings is 1. The predicted octanol–water partition coefficient (Wildman–Crippen LogP) is 2.92. The summed E-state index contributed by atoms with van der Waals surface area (Å²) >= 11 is 0. The Balaban J connectivity index is 1.63. The van der Waals surface area contributed by atoms with E-state index in [9.17, 15) is 0 Å². The second kappa shape index (κ2) is 6.11. The number of fused-ring (bicyclic) bond motifs is 1. The number of rotatable bonds is 4. The summed E-state index contributed by atoms with van der Waals surface area (Å²) in [5.74, 6) is 1.11. The Bertz CT molecular complexity index is 464. The summed E-state index contributed by atoms with van der Waals surface area (Å²) < 4.78 is 11.6. The molecule has 1 aromatic heterocycles. The second-order valence-corrected chi connectivity index (χ2v) is 7.35. The lowest BCUT2D eigenvalue weighted by Crippen LogP contribution is -2.48. The molecule has 4 heteroatoms. The van der Waals surface area contributed by atoms with Gasteiger partial charge in [0.2, 0.25) is 0 Å². The zero-order valence-electron chi connectivity index (χ0n) is 13.5. The zero-order valence-corrected chi connectivity index (χ0v) is 13.5. The SMILES string of the molecule is CC(C)(C)NCc1ccoc1CN1CCOC2CCCC21. The number of nitrogens with one attached hydrogen (secondary N) is 1. The van der Waals surface area contributed by atoms with Crippen molar-refractivity contribution in [3.8, 4) is 0 Å². The summed E-state index contributed by atoms with van der Waals surface area (Å²) in [4.78, 5) is 2.56. The maximum absolute atomic E-state index is 5.89. The molecule has 1 aliphatic heterocycles. The molecule has 1 saturated heterocycles. The van der Waals surface area contributed by atoms with Crippen LogP contribution in [0.2, 0.25) is 0 Å². The number of morpholine rings is 1. The van der Waals surface area contributed by atoms with Crippen LogP contribution in [0.25, 0.3) is 0 Å². The minimum absolute atomic E-state index is 0.129. The van der Waals surface area contributed by atoms with Crippen molar-refractivity contribution in [2.75, 3.05) is 13.2 Å². The van der Waals surface area contributed by atoms with Crippen LogP contribution in [0, 0.1) is 0 Å². The lowest BCUT2D eigenvalue weighted by atomic mass is 10.1. The van der Waals surface area contributed by atoms with E-state index in [1.807, 2.05) is 6.26 Å². The molecule has 2 atom stereocenters. The van der Waals surface area contributed by atoms with Gasteiger partial charge in [0.15, 0.2) is 0 Å². The van der Waals surface area contributed by atoms with Crippen LogP contribution in [0.1, 0.15) is 51.4 Å². The summed E-state index contributed by atoms with van der Waals surface area (Å²) in [7, 11) is 0. The predicted molar refractivity (Wildman–Crippen MR) is 83.1 cm³/mol. The second-order valence-electron chi connectivity index (χ2n) is 7.35. The smallest absolute Gasteiger partial charge is 0.122 e. The number of hydrogen-bond acceptors (Lipinski definition) is 4. The molecule has 3 rings (SSSR count). The fraction of sp³-hybridized carbons (Fsp3) is 0.765. The van der Waals surface area contributed by atoms with E-state index in [0.29, 0.717) is 12.1 Å². The van der Waals surface area contributed by atoms with Crippen LogP contribution in [-0.2, 0) is 17.8 Å². The highest BCUT2D eigenvalue weighted by molar-refractivity contribution is 5.17. The minimum Gasteiger partial charge on any atom is -0.468 e. The third kappa shape index (κ3) is 3.68. The summed E-state index contributed by atoms with van der Waals surface area (Å²) in [6.45, 7) is 10.2. The van der Waals surface area contributed by atoms with Gasteiger partial charge in [0.1, 0.15) is 5.76 Å². The van der Waals surface area contributed by atoms with E-state index in [1.165, 1.54) is 24.8 Å². The van der Waals surface area contributed by atoms with Crippen molar-refractivity contribution in [1.29, 1.82) is 0 Å². The molecule has 0 amide bonds. The van der Waals surface area contributed by atoms with Crippen LogP contribution < -0.4 is 5.32 Å². The van der Waals surface area contributed by atoms with Crippen LogP contribution in [0.5, 0.6) is 0 Å². The van der Waals surface area contributed by atoms with E-state index in [4.69, 9.17) is 9.15 Å². The molecule has 2 heterocycles. The Morgan fingerprint density at radius 3 is 3.00 bits per heavy atom. The molecular formula is C17H28N2O2. The van der Waals surface area contributed by atoms with E-state index in [1.54, 1.807) is 0 Å². The maximum atomic E-state index is 5.89. The summed E-state index contributed by atoms with van der Waals surface area (Å²) in [6, 6.07) is 2.69. The van der Waals surface area contributed by atoms with Gasteiger partial charge >= 0.3 is 0 Å². The first-order chi connectivity index (χ1) is 10.0. The van der Waals surface area contributed by atoms with Gasteiger partial charge in [-0.25, -0.2) is 0 Å². The van der Waals surface area contributed by atoms with Gasteiger partial charge in [0, 0.05) is 30.2 Å². The molecule has 1 saturated carbocycles. The Labute approximate surface area is 127 Å². The average molecular weight is 292 g/mol. The first-order valence-electron chi connectivity index (χ1n) is 8.19. The van der Waals surface area contributed by atoms with Crippen LogP contribution >= 0.6 is 0 Å². The molecule has 2 fully saturated rings. The fourth-order valence-electron chi connectivity index (χ4n) is 3.41. The number of nitrogens with zero attached hydrogens (tertiary/aromatic N) is 1. The topological polar surface area (TPSA) is 37.6 Å². The third-order valence-corrected chi connectivity index (χ3v) is 4.59. The highest BCUT2D eigenvalue weighted by Crippen LogP contribution is 2.31. The Kier molecular flexibility index (Phi) is 4.38. The fourth-order valence-corrected chi connectivity index (χ4v) is 3.41. The van der Waals surface area contributed by atoms with E-state index >= 15 is 0 Å². The van der Waals surface area contributed by atoms with Crippen LogP contribution in [0.15, 0.2) is 16.7 Å². The van der Waals surface area contributed by atoms with Gasteiger partial charge in [-0.1, -0.05) is 0 Å². The molecule has 0 spiro atoms. The van der Waals surface area contributed by atoms with Crippen LogP contribution in [0.3, 0.4) is 0 Å². The van der Waals surface area contributed by atoms with Gasteiger partial charge in [0.05, 0.1) is 25.5 Å². The van der Waals surface area contributed by atoms with Crippen LogP contribution in [-0.4, -0.2) is 35.7 Å². The monoisotopic (exact) mass is 292 g/mol. The lowest BCUT2D eigenvalue weighted by Gasteiger charge is -2.37. The van der Waals surface area contributed by atoms with E-state index in [2.05, 4.69) is 37.1 Å². The van der Waals surface area contributed by atoms with Gasteiger partial charge in [0.25, 0.3) is 0 Å². The molecule has 4 nitrogen and oxygen atoms in total. The first-order valence-corrected chi connectivity index (χ1v) is 8.19. The normalized spacial score (nSPS) is 27.0.